The van der Waals surface area contributed by atoms with E-state index in [0.29, 0.717) is 5.56 Å². The Labute approximate surface area is 197 Å². The van der Waals surface area contributed by atoms with Gasteiger partial charge < -0.3 is 9.64 Å². The molecule has 0 spiro atoms. The second-order valence-electron chi connectivity index (χ2n) is 9.19. The molecule has 1 atom stereocenters. The molecule has 0 aliphatic carbocycles. The topological polar surface area (TPSA) is 59.1 Å². The maximum Gasteiger partial charge on any atom is 0.416 e. The number of carbonyl (C=O) groups is 2. The maximum atomic E-state index is 13.2. The summed E-state index contributed by atoms with van der Waals surface area (Å²) in [4.78, 5) is 32.9. The lowest BCUT2D eigenvalue weighted by Gasteiger charge is -2.33. The van der Waals surface area contributed by atoms with Crippen molar-refractivity contribution in [3.8, 4) is 0 Å². The molecule has 6 nitrogen and oxygen atoms in total. The molecule has 1 saturated heterocycles. The van der Waals surface area contributed by atoms with E-state index in [1.54, 1.807) is 26.8 Å². The second kappa shape index (κ2) is 10.5. The highest BCUT2D eigenvalue weighted by atomic mass is 19.4. The van der Waals surface area contributed by atoms with Crippen LogP contribution < -0.4 is 0 Å². The first kappa shape index (κ1) is 25.6. The van der Waals surface area contributed by atoms with Crippen molar-refractivity contribution < 1.29 is 32.3 Å². The molecular weight excluding hydrogens is 449 g/mol. The minimum Gasteiger partial charge on any atom is -0.444 e. The Balaban J connectivity index is 1.84. The van der Waals surface area contributed by atoms with Gasteiger partial charge in [0.25, 0.3) is 0 Å². The Hall–Kier alpha value is -3.07. The van der Waals surface area contributed by atoms with Crippen LogP contribution in [0.2, 0.25) is 0 Å². The van der Waals surface area contributed by atoms with E-state index in [2.05, 4.69) is 0 Å². The Morgan fingerprint density at radius 2 is 1.71 bits per heavy atom. The monoisotopic (exact) mass is 478 g/mol. The number of amides is 2. The van der Waals surface area contributed by atoms with Crippen molar-refractivity contribution in [2.45, 2.75) is 58.0 Å². The van der Waals surface area contributed by atoms with Crippen LogP contribution in [0.3, 0.4) is 0 Å². The molecular formula is C25H29F3N2O4. The number of carbonyl (C=O) groups excluding carboxylic acids is 2. The van der Waals surface area contributed by atoms with Gasteiger partial charge >= 0.3 is 12.3 Å². The smallest absolute Gasteiger partial charge is 0.416 e. The quantitative estimate of drug-likeness (QED) is 0.592. The maximum absolute atomic E-state index is 13.2. The van der Waals surface area contributed by atoms with Gasteiger partial charge in [-0.2, -0.15) is 13.2 Å². The Morgan fingerprint density at radius 1 is 1.03 bits per heavy atom. The minimum absolute atomic E-state index is 0.00115. The molecule has 9 heteroatoms. The summed E-state index contributed by atoms with van der Waals surface area (Å²) in [7, 11) is 0. The fourth-order valence-corrected chi connectivity index (χ4v) is 3.65. The summed E-state index contributed by atoms with van der Waals surface area (Å²) < 4.78 is 45.2. The first-order chi connectivity index (χ1) is 15.9. The standard InChI is InChI=1S/C25H29F3N2O4/c1-24(2,3)34-23(32)29-13-12-22(31)30(33-17-18-8-5-4-6-9-18)16-21(29)15-19-10-7-11-20(14-19)25(26,27)28/h4-11,14,21H,12-13,15-17H2,1-3H3. The second-order valence-corrected chi connectivity index (χ2v) is 9.19. The number of nitrogens with zero attached hydrogens (tertiary/aromatic N) is 2. The van der Waals surface area contributed by atoms with Crippen molar-refractivity contribution in [3.05, 3.63) is 71.3 Å². The third-order valence-corrected chi connectivity index (χ3v) is 5.25. The molecule has 1 fully saturated rings. The average molecular weight is 479 g/mol. The average Bonchev–Trinajstić information content (AvgIpc) is 2.90. The van der Waals surface area contributed by atoms with E-state index in [0.717, 1.165) is 17.7 Å². The highest BCUT2D eigenvalue weighted by Gasteiger charge is 2.36. The lowest BCUT2D eigenvalue weighted by Crippen LogP contribution is -2.47. The lowest BCUT2D eigenvalue weighted by molar-refractivity contribution is -0.192. The van der Waals surface area contributed by atoms with Crippen LogP contribution in [-0.4, -0.2) is 46.7 Å². The molecule has 1 unspecified atom stereocenters. The molecule has 2 aromatic carbocycles. The van der Waals surface area contributed by atoms with Gasteiger partial charge in [0.1, 0.15) is 12.2 Å². The molecule has 1 heterocycles. The summed E-state index contributed by atoms with van der Waals surface area (Å²) >= 11 is 0. The van der Waals surface area contributed by atoms with E-state index in [4.69, 9.17) is 9.57 Å². The first-order valence-corrected chi connectivity index (χ1v) is 11.1. The third kappa shape index (κ3) is 7.21. The summed E-state index contributed by atoms with van der Waals surface area (Å²) in [6.07, 6.45) is -5.00. The molecule has 0 bridgehead atoms. The van der Waals surface area contributed by atoms with Crippen molar-refractivity contribution in [2.24, 2.45) is 0 Å². The van der Waals surface area contributed by atoms with Gasteiger partial charge in [-0.1, -0.05) is 48.5 Å². The molecule has 184 valence electrons. The zero-order valence-electron chi connectivity index (χ0n) is 19.5. The highest BCUT2D eigenvalue weighted by Crippen LogP contribution is 2.30. The van der Waals surface area contributed by atoms with Gasteiger partial charge in [0.05, 0.1) is 18.2 Å². The molecule has 2 amide bonds. The van der Waals surface area contributed by atoms with Gasteiger partial charge in [-0.05, 0) is 44.4 Å². The molecule has 0 radical (unpaired) electrons. The van der Waals surface area contributed by atoms with Gasteiger partial charge in [0.2, 0.25) is 5.91 Å². The predicted octanol–water partition coefficient (Wildman–Crippen LogP) is 5.22. The van der Waals surface area contributed by atoms with E-state index in [1.807, 2.05) is 30.3 Å². The van der Waals surface area contributed by atoms with Crippen molar-refractivity contribution >= 4 is 12.0 Å². The Morgan fingerprint density at radius 3 is 2.35 bits per heavy atom. The van der Waals surface area contributed by atoms with Crippen molar-refractivity contribution in [1.82, 2.24) is 9.96 Å². The highest BCUT2D eigenvalue weighted by molar-refractivity contribution is 5.77. The lowest BCUT2D eigenvalue weighted by atomic mass is 10.0. The fraction of sp³-hybridized carbons (Fsp3) is 0.440. The van der Waals surface area contributed by atoms with E-state index in [1.165, 1.54) is 16.0 Å². The largest absolute Gasteiger partial charge is 0.444 e. The van der Waals surface area contributed by atoms with Crippen molar-refractivity contribution in [3.63, 3.8) is 0 Å². The first-order valence-electron chi connectivity index (χ1n) is 11.1. The van der Waals surface area contributed by atoms with Gasteiger partial charge in [-0.15, -0.1) is 0 Å². The number of hydrogen-bond acceptors (Lipinski definition) is 4. The van der Waals surface area contributed by atoms with Crippen molar-refractivity contribution in [2.75, 3.05) is 13.1 Å². The molecule has 1 aliphatic rings. The summed E-state index contributed by atoms with van der Waals surface area (Å²) in [6, 6.07) is 13.6. The summed E-state index contributed by atoms with van der Waals surface area (Å²) in [5, 5.41) is 1.20. The SMILES string of the molecule is CC(C)(C)OC(=O)N1CCC(=O)N(OCc2ccccc2)CC1Cc1cccc(C(F)(F)F)c1. The Kier molecular flexibility index (Phi) is 7.86. The minimum atomic E-state index is -4.48. The van der Waals surface area contributed by atoms with Crippen molar-refractivity contribution in [1.29, 1.82) is 0 Å². The molecule has 0 saturated carbocycles. The summed E-state index contributed by atoms with van der Waals surface area (Å²) in [5.41, 5.74) is -0.281. The normalized spacial score (nSPS) is 17.5. The molecule has 0 aromatic heterocycles. The van der Waals surface area contributed by atoms with Gasteiger partial charge in [-0.3, -0.25) is 9.63 Å². The van der Waals surface area contributed by atoms with Gasteiger partial charge in [0.15, 0.2) is 0 Å². The van der Waals surface area contributed by atoms with Crippen LogP contribution in [0.15, 0.2) is 54.6 Å². The molecule has 3 rings (SSSR count). The van der Waals surface area contributed by atoms with Crippen LogP contribution in [0.5, 0.6) is 0 Å². The zero-order chi connectivity index (χ0) is 24.9. The van der Waals surface area contributed by atoms with Crippen LogP contribution in [0.1, 0.15) is 43.9 Å². The van der Waals surface area contributed by atoms with Crippen LogP contribution in [-0.2, 0) is 33.6 Å². The van der Waals surface area contributed by atoms with E-state index >= 15 is 0 Å². The van der Waals surface area contributed by atoms with Crippen LogP contribution in [0, 0.1) is 0 Å². The molecule has 2 aromatic rings. The van der Waals surface area contributed by atoms with E-state index in [9.17, 15) is 22.8 Å². The number of hydrogen-bond donors (Lipinski definition) is 0. The van der Waals surface area contributed by atoms with E-state index < -0.39 is 29.5 Å². The van der Waals surface area contributed by atoms with Gasteiger partial charge in [-0.25, -0.2) is 9.86 Å². The zero-order valence-corrected chi connectivity index (χ0v) is 19.5. The van der Waals surface area contributed by atoms with Crippen LogP contribution >= 0.6 is 0 Å². The number of hydroxylamine groups is 2. The summed E-state index contributed by atoms with van der Waals surface area (Å²) in [6.45, 7) is 5.40. The van der Waals surface area contributed by atoms with Crippen LogP contribution in [0.25, 0.3) is 0 Å². The van der Waals surface area contributed by atoms with Crippen LogP contribution in [0.4, 0.5) is 18.0 Å². The number of halogens is 3. The van der Waals surface area contributed by atoms with Gasteiger partial charge in [0, 0.05) is 13.0 Å². The molecule has 0 N–H and O–H groups in total. The summed E-state index contributed by atoms with van der Waals surface area (Å²) in [5.74, 6) is -0.309. The molecule has 1 aliphatic heterocycles. The number of alkyl halides is 3. The Bertz CT molecular complexity index is 990. The van der Waals surface area contributed by atoms with E-state index in [-0.39, 0.29) is 38.4 Å². The number of benzene rings is 2. The fourth-order valence-electron chi connectivity index (χ4n) is 3.65. The predicted molar refractivity (Wildman–Crippen MR) is 119 cm³/mol. The molecule has 34 heavy (non-hydrogen) atoms. The number of ether oxygens (including phenoxy) is 1. The third-order valence-electron chi connectivity index (χ3n) is 5.25. The number of rotatable bonds is 5.